The van der Waals surface area contributed by atoms with Crippen molar-refractivity contribution in [3.05, 3.63) is 63.4 Å². The van der Waals surface area contributed by atoms with Gasteiger partial charge in [0, 0.05) is 22.4 Å². The summed E-state index contributed by atoms with van der Waals surface area (Å²) in [5, 5.41) is 19.9. The number of nitrogens with two attached hydrogens (primary N) is 2. The van der Waals surface area contributed by atoms with Crippen molar-refractivity contribution in [1.29, 1.82) is 0 Å². The lowest BCUT2D eigenvalue weighted by Crippen LogP contribution is -2.53. The van der Waals surface area contributed by atoms with Crippen LogP contribution in [0.2, 0.25) is 0 Å². The summed E-state index contributed by atoms with van der Waals surface area (Å²) in [6.07, 6.45) is 2.26. The van der Waals surface area contributed by atoms with Crippen LogP contribution in [0.5, 0.6) is 0 Å². The lowest BCUT2D eigenvalue weighted by molar-refractivity contribution is -0.175. The van der Waals surface area contributed by atoms with Crippen molar-refractivity contribution in [2.24, 2.45) is 23.3 Å². The highest BCUT2D eigenvalue weighted by Gasteiger charge is 2.40. The molecule has 19 nitrogen and oxygen atoms in total. The van der Waals surface area contributed by atoms with Crippen LogP contribution in [0.1, 0.15) is 87.0 Å². The first kappa shape index (κ1) is 44.3. The summed E-state index contributed by atoms with van der Waals surface area (Å²) in [5.74, 6) is -6.27. The molecule has 3 unspecified atom stereocenters. The van der Waals surface area contributed by atoms with Gasteiger partial charge >= 0.3 is 17.9 Å². The Labute approximate surface area is 350 Å². The highest BCUT2D eigenvalue weighted by Crippen LogP contribution is 2.38. The molecule has 2 aliphatic heterocycles. The van der Waals surface area contributed by atoms with Gasteiger partial charge in [-0.2, -0.15) is 0 Å². The van der Waals surface area contributed by atoms with Crippen LogP contribution < -0.4 is 38.3 Å². The number of unbranched alkanes of at least 4 members (excludes halogenated alkanes) is 2. The van der Waals surface area contributed by atoms with Crippen molar-refractivity contribution in [2.75, 3.05) is 26.2 Å². The standard InChI is InChI=1S/C42H52N8O11/c43-15-5-3-9-30(38(55)46-20-34(52)53)47-33(51)19-45-39(56)31(10-4-6-16-44)49-37(54)23-11-13-24(14-12-23)41(58)61-36-27-18-32-35-26(17-25-7-1-2-8-29(25)48-35)21-50(32)40(57)28(27)22-60-42(36)59/h1-2,7-8,17-18,23-24,30-31,36H,3-6,9-16,19-22,43-44H2,(H,45,56)(H,46,55)(H,47,51)(H,49,54)(H,52,53). The highest BCUT2D eigenvalue weighted by atomic mass is 16.6. The summed E-state index contributed by atoms with van der Waals surface area (Å²) in [6.45, 7) is -0.351. The summed E-state index contributed by atoms with van der Waals surface area (Å²) in [5.41, 5.74) is 14.1. The molecule has 6 rings (SSSR count). The number of fused-ring (bicyclic) bond motifs is 5. The van der Waals surface area contributed by atoms with E-state index in [-0.39, 0.29) is 61.8 Å². The summed E-state index contributed by atoms with van der Waals surface area (Å²) < 4.78 is 12.7. The van der Waals surface area contributed by atoms with Gasteiger partial charge in [-0.05, 0) is 95.5 Å². The molecular weight excluding hydrogens is 793 g/mol. The number of pyridine rings is 2. The zero-order valence-corrected chi connectivity index (χ0v) is 33.7. The Morgan fingerprint density at radius 2 is 1.49 bits per heavy atom. The Kier molecular flexibility index (Phi) is 14.8. The number of aliphatic carboxylic acids is 1. The number of carbonyl (C=O) groups excluding carboxylic acids is 6. The van der Waals surface area contributed by atoms with Gasteiger partial charge < -0.3 is 51.9 Å². The number of cyclic esters (lactones) is 1. The first-order chi connectivity index (χ1) is 29.4. The Morgan fingerprint density at radius 3 is 2.16 bits per heavy atom. The summed E-state index contributed by atoms with van der Waals surface area (Å²) in [4.78, 5) is 108. The third-order valence-electron chi connectivity index (χ3n) is 11.3. The first-order valence-electron chi connectivity index (χ1n) is 20.7. The van der Waals surface area contributed by atoms with E-state index < -0.39 is 84.6 Å². The molecule has 0 spiro atoms. The van der Waals surface area contributed by atoms with Crippen LogP contribution in [0.4, 0.5) is 0 Å². The largest absolute Gasteiger partial charge is 0.480 e. The number of benzene rings is 1. The molecule has 61 heavy (non-hydrogen) atoms. The Bertz CT molecular complexity index is 2240. The maximum atomic E-state index is 13.7. The van der Waals surface area contributed by atoms with E-state index in [9.17, 15) is 38.4 Å². The number of nitrogens with one attached hydrogen (secondary N) is 4. The number of para-hydroxylation sites is 1. The van der Waals surface area contributed by atoms with Crippen LogP contribution in [0.15, 0.2) is 41.2 Å². The van der Waals surface area contributed by atoms with Gasteiger partial charge in [-0.15, -0.1) is 0 Å². The number of carbonyl (C=O) groups is 7. The van der Waals surface area contributed by atoms with Crippen LogP contribution in [-0.2, 0) is 56.2 Å². The molecular formula is C42H52N8O11. The van der Waals surface area contributed by atoms with Crippen molar-refractivity contribution >= 4 is 52.4 Å². The lowest BCUT2D eigenvalue weighted by Gasteiger charge is -2.30. The van der Waals surface area contributed by atoms with Gasteiger partial charge in [0.1, 0.15) is 25.2 Å². The van der Waals surface area contributed by atoms with E-state index in [1.807, 2.05) is 30.3 Å². The number of rotatable bonds is 19. The molecule has 0 radical (unpaired) electrons. The topological polar surface area (TPSA) is 293 Å². The van der Waals surface area contributed by atoms with Crippen molar-refractivity contribution in [1.82, 2.24) is 30.8 Å². The Balaban J connectivity index is 1.04. The van der Waals surface area contributed by atoms with Gasteiger partial charge in [-0.1, -0.05) is 18.2 Å². The quantitative estimate of drug-likeness (QED) is 0.0498. The second-order valence-electron chi connectivity index (χ2n) is 15.6. The average Bonchev–Trinajstić information content (AvgIpc) is 3.61. The van der Waals surface area contributed by atoms with Gasteiger partial charge in [0.25, 0.3) is 5.56 Å². The Morgan fingerprint density at radius 1 is 0.852 bits per heavy atom. The van der Waals surface area contributed by atoms with E-state index >= 15 is 0 Å². The monoisotopic (exact) mass is 844 g/mol. The van der Waals surface area contributed by atoms with Crippen molar-refractivity contribution < 1.29 is 48.1 Å². The summed E-state index contributed by atoms with van der Waals surface area (Å²) >= 11 is 0. The molecule has 1 fully saturated rings. The van der Waals surface area contributed by atoms with Gasteiger partial charge in [-0.25, -0.2) is 9.78 Å². The van der Waals surface area contributed by atoms with Gasteiger partial charge in [0.15, 0.2) is 0 Å². The maximum absolute atomic E-state index is 13.7. The minimum Gasteiger partial charge on any atom is -0.480 e. The van der Waals surface area contributed by atoms with E-state index in [2.05, 4.69) is 21.3 Å². The summed E-state index contributed by atoms with van der Waals surface area (Å²) in [7, 11) is 0. The van der Waals surface area contributed by atoms with Gasteiger partial charge in [0.2, 0.25) is 29.7 Å². The van der Waals surface area contributed by atoms with Crippen LogP contribution in [0.3, 0.4) is 0 Å². The van der Waals surface area contributed by atoms with Crippen LogP contribution in [0.25, 0.3) is 22.3 Å². The average molecular weight is 845 g/mol. The van der Waals surface area contributed by atoms with Crippen LogP contribution in [-0.4, -0.2) is 94.5 Å². The molecule has 4 amide bonds. The number of ether oxygens (including phenoxy) is 2. The molecule has 0 bridgehead atoms. The van der Waals surface area contributed by atoms with E-state index in [4.69, 9.17) is 31.0 Å². The number of esters is 2. The molecule has 2 aromatic heterocycles. The highest BCUT2D eigenvalue weighted by molar-refractivity contribution is 5.93. The fourth-order valence-electron chi connectivity index (χ4n) is 8.01. The molecule has 3 aromatic rings. The molecule has 1 saturated carbocycles. The molecule has 3 atom stereocenters. The molecule has 4 heterocycles. The van der Waals surface area contributed by atoms with E-state index in [1.165, 1.54) is 0 Å². The molecule has 326 valence electrons. The number of aromatic nitrogens is 2. The number of amides is 4. The number of carboxylic acids is 1. The molecule has 1 aromatic carbocycles. The van der Waals surface area contributed by atoms with Gasteiger partial charge in [-0.3, -0.25) is 33.6 Å². The third kappa shape index (κ3) is 10.8. The predicted octanol–water partition coefficient (Wildman–Crippen LogP) is 0.417. The molecule has 9 N–H and O–H groups in total. The number of carboxylic acid groups (broad SMARTS) is 1. The molecule has 3 aliphatic rings. The van der Waals surface area contributed by atoms with Crippen molar-refractivity contribution in [3.8, 4) is 11.4 Å². The van der Waals surface area contributed by atoms with Gasteiger partial charge in [0.05, 0.1) is 41.5 Å². The smallest absolute Gasteiger partial charge is 0.352 e. The fourth-order valence-corrected chi connectivity index (χ4v) is 8.01. The van der Waals surface area contributed by atoms with Crippen molar-refractivity contribution in [3.63, 3.8) is 0 Å². The minimum atomic E-state index is -1.45. The van der Waals surface area contributed by atoms with Crippen LogP contribution >= 0.6 is 0 Å². The lowest BCUT2D eigenvalue weighted by atomic mass is 9.81. The Hall–Kier alpha value is -6.21. The molecule has 0 saturated heterocycles. The second-order valence-corrected chi connectivity index (χ2v) is 15.6. The summed E-state index contributed by atoms with van der Waals surface area (Å²) in [6, 6.07) is 9.22. The maximum Gasteiger partial charge on any atom is 0.352 e. The third-order valence-corrected chi connectivity index (χ3v) is 11.3. The predicted molar refractivity (Wildman–Crippen MR) is 218 cm³/mol. The fraction of sp³-hybridized carbons (Fsp3) is 0.500. The SMILES string of the molecule is NCCCCC(NC(=O)CNC(=O)C(CCCCN)NC(=O)C1CCC(C(=O)OC2C(=O)OCc3c2cc2n(c3=O)Cc3cc4ccccc4nc3-2)CC1)C(=O)NCC(=O)O. The van der Waals surface area contributed by atoms with E-state index in [1.54, 1.807) is 10.6 Å². The first-order valence-corrected chi connectivity index (χ1v) is 20.7. The van der Waals surface area contributed by atoms with E-state index in [0.717, 1.165) is 16.5 Å². The molecule has 1 aliphatic carbocycles. The van der Waals surface area contributed by atoms with Crippen molar-refractivity contribution in [2.45, 2.75) is 95.5 Å². The zero-order chi connectivity index (χ0) is 43.6. The number of hydrogen-bond acceptors (Lipinski definition) is 13. The minimum absolute atomic E-state index is 0.204. The number of nitrogens with zero attached hydrogens (tertiary/aromatic N) is 2. The van der Waals surface area contributed by atoms with E-state index in [0.29, 0.717) is 56.7 Å². The zero-order valence-electron chi connectivity index (χ0n) is 33.7. The second kappa shape index (κ2) is 20.4. The normalized spacial score (nSPS) is 18.7. The molecule has 19 heteroatoms. The van der Waals surface area contributed by atoms with Crippen LogP contribution in [0, 0.1) is 11.8 Å². The number of hydrogen-bond donors (Lipinski definition) is 7.